The second-order valence-electron chi connectivity index (χ2n) is 9.07. The smallest absolute Gasteiger partial charge is 0.259 e. The van der Waals surface area contributed by atoms with Crippen LogP contribution in [-0.4, -0.2) is 71.7 Å². The van der Waals surface area contributed by atoms with Crippen LogP contribution < -0.4 is 4.74 Å². The maximum atomic E-state index is 13.4. The van der Waals surface area contributed by atoms with Crippen molar-refractivity contribution < 1.29 is 14.6 Å². The van der Waals surface area contributed by atoms with Crippen molar-refractivity contribution in [2.75, 3.05) is 33.8 Å². The number of carbonyl (C=O) groups is 1. The molecule has 1 aliphatic carbocycles. The maximum Gasteiger partial charge on any atom is 0.259 e. The van der Waals surface area contributed by atoms with Crippen LogP contribution >= 0.6 is 0 Å². The number of nitrogens with zero attached hydrogens (tertiary/aromatic N) is 3. The summed E-state index contributed by atoms with van der Waals surface area (Å²) in [5.41, 5.74) is 1.17. The molecule has 0 bridgehead atoms. The van der Waals surface area contributed by atoms with Crippen molar-refractivity contribution in [3.05, 3.63) is 23.4 Å². The highest BCUT2D eigenvalue weighted by Crippen LogP contribution is 2.27. The first-order valence-corrected chi connectivity index (χ1v) is 11.1. The number of fused-ring (bicyclic) bond motifs is 1. The SMILES string of the molecule is C[C@H]1CN([C@@H](C)CO)C(=O)c2cc(C#CC3CCCCC3)cnc2O[C@H]1CN(C)C. The lowest BCUT2D eigenvalue weighted by Crippen LogP contribution is -2.49. The summed E-state index contributed by atoms with van der Waals surface area (Å²) in [6.07, 6.45) is 7.70. The zero-order valence-corrected chi connectivity index (χ0v) is 18.7. The molecule has 2 heterocycles. The zero-order valence-electron chi connectivity index (χ0n) is 18.7. The topological polar surface area (TPSA) is 65.9 Å². The predicted molar refractivity (Wildman–Crippen MR) is 117 cm³/mol. The lowest BCUT2D eigenvalue weighted by molar-refractivity contribution is 0.0348. The molecule has 6 heteroatoms. The van der Waals surface area contributed by atoms with Gasteiger partial charge in [0.2, 0.25) is 5.88 Å². The molecule has 1 aliphatic heterocycles. The molecule has 3 rings (SSSR count). The van der Waals surface area contributed by atoms with E-state index in [0.29, 0.717) is 23.9 Å². The van der Waals surface area contributed by atoms with Crippen molar-refractivity contribution in [1.29, 1.82) is 0 Å². The Kier molecular flexibility index (Phi) is 7.74. The van der Waals surface area contributed by atoms with E-state index in [1.54, 1.807) is 17.2 Å². The number of hydrogen-bond donors (Lipinski definition) is 1. The molecular formula is C24H35N3O3. The van der Waals surface area contributed by atoms with Gasteiger partial charge in [-0.15, -0.1) is 0 Å². The van der Waals surface area contributed by atoms with Gasteiger partial charge < -0.3 is 19.6 Å². The Morgan fingerprint density at radius 1 is 1.33 bits per heavy atom. The van der Waals surface area contributed by atoms with Crippen molar-refractivity contribution in [2.45, 2.75) is 58.1 Å². The molecule has 0 unspecified atom stereocenters. The van der Waals surface area contributed by atoms with Gasteiger partial charge in [-0.05, 0) is 39.9 Å². The van der Waals surface area contributed by atoms with Gasteiger partial charge >= 0.3 is 0 Å². The summed E-state index contributed by atoms with van der Waals surface area (Å²) in [7, 11) is 4.01. The van der Waals surface area contributed by atoms with Crippen LogP contribution in [-0.2, 0) is 0 Å². The van der Waals surface area contributed by atoms with Crippen LogP contribution in [0.3, 0.4) is 0 Å². The summed E-state index contributed by atoms with van der Waals surface area (Å²) >= 11 is 0. The van der Waals surface area contributed by atoms with Crippen molar-refractivity contribution in [3.63, 3.8) is 0 Å². The average molecular weight is 414 g/mol. The second kappa shape index (κ2) is 10.3. The summed E-state index contributed by atoms with van der Waals surface area (Å²) in [5.74, 6) is 7.35. The summed E-state index contributed by atoms with van der Waals surface area (Å²) in [5, 5.41) is 9.72. The van der Waals surface area contributed by atoms with Crippen molar-refractivity contribution in [2.24, 2.45) is 11.8 Å². The van der Waals surface area contributed by atoms with Crippen LogP contribution in [0.5, 0.6) is 5.88 Å². The number of aliphatic hydroxyl groups is 1. The van der Waals surface area contributed by atoms with Gasteiger partial charge in [0.05, 0.1) is 12.6 Å². The molecule has 1 aromatic rings. The third-order valence-electron chi connectivity index (χ3n) is 6.09. The van der Waals surface area contributed by atoms with E-state index < -0.39 is 0 Å². The molecule has 1 aromatic heterocycles. The lowest BCUT2D eigenvalue weighted by Gasteiger charge is -2.37. The van der Waals surface area contributed by atoms with Crippen LogP contribution in [0.15, 0.2) is 12.3 Å². The van der Waals surface area contributed by atoms with E-state index in [1.807, 2.05) is 21.0 Å². The molecule has 0 spiro atoms. The fraction of sp³-hybridized carbons (Fsp3) is 0.667. The molecule has 0 saturated heterocycles. The molecule has 0 radical (unpaired) electrons. The van der Waals surface area contributed by atoms with E-state index in [0.717, 1.165) is 24.9 Å². The molecule has 30 heavy (non-hydrogen) atoms. The first-order chi connectivity index (χ1) is 14.4. The van der Waals surface area contributed by atoms with Crippen LogP contribution in [0.2, 0.25) is 0 Å². The molecule has 1 N–H and O–H groups in total. The number of amides is 1. The van der Waals surface area contributed by atoms with E-state index in [9.17, 15) is 9.90 Å². The van der Waals surface area contributed by atoms with Crippen LogP contribution in [0.25, 0.3) is 0 Å². The minimum absolute atomic E-state index is 0.0817. The number of rotatable bonds is 4. The Hall–Kier alpha value is -2.10. The van der Waals surface area contributed by atoms with Crippen LogP contribution in [0.1, 0.15) is 61.9 Å². The Bertz CT molecular complexity index is 793. The molecule has 2 aliphatic rings. The normalized spacial score (nSPS) is 23.7. The molecule has 3 atom stereocenters. The second-order valence-corrected chi connectivity index (χ2v) is 9.07. The molecule has 1 amide bonds. The Morgan fingerprint density at radius 3 is 2.73 bits per heavy atom. The number of pyridine rings is 1. The predicted octanol–water partition coefficient (Wildman–Crippen LogP) is 2.80. The van der Waals surface area contributed by atoms with Gasteiger partial charge in [-0.25, -0.2) is 4.98 Å². The number of aliphatic hydroxyl groups excluding tert-OH is 1. The highest BCUT2D eigenvalue weighted by molar-refractivity contribution is 5.97. The van der Waals surface area contributed by atoms with Crippen LogP contribution in [0.4, 0.5) is 0 Å². The molecule has 0 aromatic carbocycles. The quantitative estimate of drug-likeness (QED) is 0.769. The third kappa shape index (κ3) is 5.53. The molecule has 164 valence electrons. The summed E-state index contributed by atoms with van der Waals surface area (Å²) < 4.78 is 6.23. The number of carbonyl (C=O) groups excluding carboxylic acids is 1. The van der Waals surface area contributed by atoms with E-state index in [4.69, 9.17) is 4.74 Å². The largest absolute Gasteiger partial charge is 0.472 e. The number of hydrogen-bond acceptors (Lipinski definition) is 5. The maximum absolute atomic E-state index is 13.4. The van der Waals surface area contributed by atoms with E-state index in [1.165, 1.54) is 19.3 Å². The summed E-state index contributed by atoms with van der Waals surface area (Å²) in [6.45, 7) is 5.11. The molecular weight excluding hydrogens is 378 g/mol. The molecule has 6 nitrogen and oxygen atoms in total. The number of aromatic nitrogens is 1. The van der Waals surface area contributed by atoms with Crippen molar-refractivity contribution in [3.8, 4) is 17.7 Å². The van der Waals surface area contributed by atoms with Gasteiger partial charge in [0, 0.05) is 36.7 Å². The number of likely N-dealkylation sites (N-methyl/N-ethyl adjacent to an activating group) is 1. The fourth-order valence-corrected chi connectivity index (χ4v) is 4.18. The zero-order chi connectivity index (χ0) is 21.7. The monoisotopic (exact) mass is 413 g/mol. The summed E-state index contributed by atoms with van der Waals surface area (Å²) in [4.78, 5) is 21.7. The van der Waals surface area contributed by atoms with Gasteiger partial charge in [-0.2, -0.15) is 0 Å². The Balaban J connectivity index is 1.94. The fourth-order valence-electron chi connectivity index (χ4n) is 4.18. The van der Waals surface area contributed by atoms with Crippen molar-refractivity contribution in [1.82, 2.24) is 14.8 Å². The highest BCUT2D eigenvalue weighted by Gasteiger charge is 2.33. The highest BCUT2D eigenvalue weighted by atomic mass is 16.5. The first-order valence-electron chi connectivity index (χ1n) is 11.1. The average Bonchev–Trinajstić information content (AvgIpc) is 2.74. The standard InChI is InChI=1S/C24H35N3O3/c1-17-14-27(18(2)16-28)24(29)21-12-20(11-10-19-8-6-5-7-9-19)13-25-23(21)30-22(17)15-26(3)4/h12-13,17-19,22,28H,5-9,14-16H2,1-4H3/t17-,18-,22-/m0/s1. The van der Waals surface area contributed by atoms with E-state index in [-0.39, 0.29) is 30.6 Å². The van der Waals surface area contributed by atoms with Gasteiger partial charge in [0.25, 0.3) is 5.91 Å². The van der Waals surface area contributed by atoms with E-state index in [2.05, 4.69) is 28.6 Å². The Morgan fingerprint density at radius 2 is 2.07 bits per heavy atom. The first kappa shape index (κ1) is 22.6. The minimum atomic E-state index is -0.275. The van der Waals surface area contributed by atoms with Gasteiger partial charge in [0.1, 0.15) is 11.7 Å². The summed E-state index contributed by atoms with van der Waals surface area (Å²) in [6, 6.07) is 1.53. The molecule has 1 fully saturated rings. The van der Waals surface area contributed by atoms with Crippen molar-refractivity contribution >= 4 is 5.91 Å². The Labute approximate surface area is 180 Å². The van der Waals surface area contributed by atoms with Gasteiger partial charge in [0.15, 0.2) is 0 Å². The lowest BCUT2D eigenvalue weighted by atomic mass is 9.90. The minimum Gasteiger partial charge on any atom is -0.472 e. The van der Waals surface area contributed by atoms with E-state index >= 15 is 0 Å². The number of ether oxygens (including phenoxy) is 1. The van der Waals surface area contributed by atoms with Gasteiger partial charge in [-0.1, -0.05) is 38.0 Å². The molecule has 1 saturated carbocycles. The van der Waals surface area contributed by atoms with Gasteiger partial charge in [-0.3, -0.25) is 4.79 Å². The third-order valence-corrected chi connectivity index (χ3v) is 6.09. The van der Waals surface area contributed by atoms with Crippen LogP contribution in [0, 0.1) is 23.7 Å².